The van der Waals surface area contributed by atoms with E-state index in [9.17, 15) is 4.79 Å². The third-order valence-corrected chi connectivity index (χ3v) is 2.15. The molecule has 0 fully saturated rings. The second-order valence-electron chi connectivity index (χ2n) is 3.25. The van der Waals surface area contributed by atoms with Crippen LogP contribution in [-0.2, 0) is 4.79 Å². The number of ketones is 1. The molecule has 1 aromatic carbocycles. The van der Waals surface area contributed by atoms with E-state index in [1.165, 1.54) is 5.56 Å². The molecular weight excluding hydrogens is 184 g/mol. The summed E-state index contributed by atoms with van der Waals surface area (Å²) in [7, 11) is 0. The van der Waals surface area contributed by atoms with Gasteiger partial charge in [-0.25, -0.2) is 0 Å². The zero-order valence-electron chi connectivity index (χ0n) is 8.20. The summed E-state index contributed by atoms with van der Waals surface area (Å²) in [6, 6.07) is 8.09. The van der Waals surface area contributed by atoms with Gasteiger partial charge in [0.2, 0.25) is 0 Å². The molecule has 0 amide bonds. The summed E-state index contributed by atoms with van der Waals surface area (Å²) in [6.45, 7) is 5.61. The van der Waals surface area contributed by atoms with E-state index in [0.29, 0.717) is 0 Å². The average molecular weight is 199 g/mol. The highest BCUT2D eigenvalue weighted by Gasteiger charge is 2.09. The first-order valence-corrected chi connectivity index (χ1v) is 4.18. The summed E-state index contributed by atoms with van der Waals surface area (Å²) >= 11 is 0. The highest BCUT2D eigenvalue weighted by Crippen LogP contribution is 2.16. The van der Waals surface area contributed by atoms with E-state index in [0.717, 1.165) is 5.56 Å². The van der Waals surface area contributed by atoms with Gasteiger partial charge in [0.15, 0.2) is 0 Å². The summed E-state index contributed by atoms with van der Waals surface area (Å²) in [6.07, 6.45) is 0. The van der Waals surface area contributed by atoms with Crippen molar-refractivity contribution in [1.82, 2.24) is 0 Å². The van der Waals surface area contributed by atoms with Crippen LogP contribution in [0, 0.1) is 6.92 Å². The Labute approximate surface area is 85.6 Å². The quantitative estimate of drug-likeness (QED) is 0.714. The maximum Gasteiger partial charge on any atom is 0.136 e. The Kier molecular flexibility index (Phi) is 4.71. The first-order chi connectivity index (χ1) is 5.61. The van der Waals surface area contributed by atoms with Gasteiger partial charge in [-0.15, -0.1) is 12.4 Å². The van der Waals surface area contributed by atoms with Crippen LogP contribution in [0.1, 0.15) is 30.9 Å². The molecule has 1 nitrogen and oxygen atoms in total. The molecule has 0 heterocycles. The van der Waals surface area contributed by atoms with Crippen molar-refractivity contribution in [2.75, 3.05) is 0 Å². The Morgan fingerprint density at radius 3 is 2.46 bits per heavy atom. The summed E-state index contributed by atoms with van der Waals surface area (Å²) in [5.74, 6) is 0.255. The summed E-state index contributed by atoms with van der Waals surface area (Å²) < 4.78 is 0. The molecule has 1 atom stereocenters. The van der Waals surface area contributed by atoms with Crippen molar-refractivity contribution in [2.45, 2.75) is 26.7 Å². The fraction of sp³-hybridized carbons (Fsp3) is 0.364. The number of Topliss-reactive ketones (excluding diaryl/α,β-unsaturated/α-hetero) is 1. The topological polar surface area (TPSA) is 17.1 Å². The molecule has 0 aliphatic rings. The number of benzene rings is 1. The minimum Gasteiger partial charge on any atom is -0.299 e. The molecule has 0 bridgehead atoms. The second kappa shape index (κ2) is 5.03. The number of carbonyl (C=O) groups excluding carboxylic acids is 1. The number of hydrogen-bond acceptors (Lipinski definition) is 1. The second-order valence-corrected chi connectivity index (χ2v) is 3.25. The molecule has 0 aliphatic carbocycles. The van der Waals surface area contributed by atoms with Crippen molar-refractivity contribution in [1.29, 1.82) is 0 Å². The third-order valence-electron chi connectivity index (χ3n) is 2.15. The minimum atomic E-state index is 0. The number of hydrogen-bond donors (Lipinski definition) is 0. The van der Waals surface area contributed by atoms with E-state index in [2.05, 4.69) is 6.07 Å². The molecule has 1 rings (SSSR count). The van der Waals surface area contributed by atoms with E-state index in [-0.39, 0.29) is 24.1 Å². The van der Waals surface area contributed by atoms with Gasteiger partial charge in [-0.05, 0) is 19.4 Å². The molecular formula is C11H15ClO. The van der Waals surface area contributed by atoms with Crippen molar-refractivity contribution < 1.29 is 4.79 Å². The number of aryl methyl sites for hydroxylation is 1. The molecule has 72 valence electrons. The monoisotopic (exact) mass is 198 g/mol. The van der Waals surface area contributed by atoms with Gasteiger partial charge in [0.25, 0.3) is 0 Å². The van der Waals surface area contributed by atoms with Gasteiger partial charge in [-0.3, -0.25) is 4.79 Å². The van der Waals surface area contributed by atoms with Crippen LogP contribution in [0.15, 0.2) is 24.3 Å². The van der Waals surface area contributed by atoms with Gasteiger partial charge in [0.05, 0.1) is 0 Å². The van der Waals surface area contributed by atoms with Crippen LogP contribution in [0.25, 0.3) is 0 Å². The smallest absolute Gasteiger partial charge is 0.136 e. The zero-order valence-corrected chi connectivity index (χ0v) is 9.02. The van der Waals surface area contributed by atoms with Gasteiger partial charge in [-0.2, -0.15) is 0 Å². The molecule has 0 N–H and O–H groups in total. The van der Waals surface area contributed by atoms with Crippen LogP contribution < -0.4 is 0 Å². The maximum absolute atomic E-state index is 11.1. The lowest BCUT2D eigenvalue weighted by molar-refractivity contribution is -0.118. The Morgan fingerprint density at radius 2 is 2.00 bits per heavy atom. The minimum absolute atomic E-state index is 0. The van der Waals surface area contributed by atoms with E-state index in [1.807, 2.05) is 32.0 Å². The van der Waals surface area contributed by atoms with Crippen LogP contribution >= 0.6 is 12.4 Å². The molecule has 0 saturated carbocycles. The van der Waals surface area contributed by atoms with Crippen molar-refractivity contribution in [3.05, 3.63) is 35.4 Å². The maximum atomic E-state index is 11.1. The summed E-state index contributed by atoms with van der Waals surface area (Å²) in [5, 5.41) is 0. The van der Waals surface area contributed by atoms with Crippen molar-refractivity contribution in [3.63, 3.8) is 0 Å². The van der Waals surface area contributed by atoms with Gasteiger partial charge in [0, 0.05) is 5.92 Å². The SMILES string of the molecule is CC(=O)C(C)c1cccc(C)c1.Cl. The highest BCUT2D eigenvalue weighted by molar-refractivity contribution is 5.85. The fourth-order valence-electron chi connectivity index (χ4n) is 1.17. The Balaban J connectivity index is 0.00000144. The van der Waals surface area contributed by atoms with Crippen LogP contribution in [0.4, 0.5) is 0 Å². The van der Waals surface area contributed by atoms with E-state index < -0.39 is 0 Å². The number of carbonyl (C=O) groups is 1. The summed E-state index contributed by atoms with van der Waals surface area (Å²) in [4.78, 5) is 11.1. The van der Waals surface area contributed by atoms with E-state index in [4.69, 9.17) is 0 Å². The molecule has 0 aromatic heterocycles. The number of halogens is 1. The molecule has 0 saturated heterocycles. The van der Waals surface area contributed by atoms with Crippen molar-refractivity contribution in [3.8, 4) is 0 Å². The van der Waals surface area contributed by atoms with Crippen LogP contribution in [0.2, 0.25) is 0 Å². The van der Waals surface area contributed by atoms with Crippen LogP contribution in [-0.4, -0.2) is 5.78 Å². The van der Waals surface area contributed by atoms with E-state index >= 15 is 0 Å². The first-order valence-electron chi connectivity index (χ1n) is 4.18. The predicted molar refractivity (Wildman–Crippen MR) is 57.5 cm³/mol. The lowest BCUT2D eigenvalue weighted by Gasteiger charge is -2.07. The number of rotatable bonds is 2. The molecule has 0 aliphatic heterocycles. The van der Waals surface area contributed by atoms with Crippen molar-refractivity contribution >= 4 is 18.2 Å². The lowest BCUT2D eigenvalue weighted by Crippen LogP contribution is -2.03. The van der Waals surface area contributed by atoms with E-state index in [1.54, 1.807) is 6.92 Å². The predicted octanol–water partition coefficient (Wildman–Crippen LogP) is 3.11. The molecule has 13 heavy (non-hydrogen) atoms. The fourth-order valence-corrected chi connectivity index (χ4v) is 1.17. The molecule has 0 radical (unpaired) electrons. The first kappa shape index (κ1) is 12.2. The Hall–Kier alpha value is -0.820. The van der Waals surface area contributed by atoms with Crippen LogP contribution in [0.3, 0.4) is 0 Å². The summed E-state index contributed by atoms with van der Waals surface area (Å²) in [5.41, 5.74) is 2.32. The lowest BCUT2D eigenvalue weighted by atomic mass is 9.96. The third kappa shape index (κ3) is 3.19. The molecule has 1 aromatic rings. The van der Waals surface area contributed by atoms with Crippen molar-refractivity contribution in [2.24, 2.45) is 0 Å². The van der Waals surface area contributed by atoms with Gasteiger partial charge in [0.1, 0.15) is 5.78 Å². The standard InChI is InChI=1S/C11H14O.ClH/c1-8-5-4-6-11(7-8)9(2)10(3)12;/h4-7,9H,1-3H3;1H. The molecule has 1 unspecified atom stereocenters. The van der Waals surface area contributed by atoms with Gasteiger partial charge in [-0.1, -0.05) is 36.8 Å². The highest BCUT2D eigenvalue weighted by atomic mass is 35.5. The molecule has 0 spiro atoms. The zero-order chi connectivity index (χ0) is 9.14. The Morgan fingerprint density at radius 1 is 1.38 bits per heavy atom. The van der Waals surface area contributed by atoms with Gasteiger partial charge >= 0.3 is 0 Å². The van der Waals surface area contributed by atoms with Crippen LogP contribution in [0.5, 0.6) is 0 Å². The normalized spacial score (nSPS) is 11.6. The van der Waals surface area contributed by atoms with Gasteiger partial charge < -0.3 is 0 Å². The molecule has 2 heteroatoms. The Bertz CT molecular complexity index is 294. The average Bonchev–Trinajstić information content (AvgIpc) is 2.03. The largest absolute Gasteiger partial charge is 0.299 e.